The third kappa shape index (κ3) is 2.20. The molecule has 0 aromatic carbocycles. The van der Waals surface area contributed by atoms with Crippen molar-refractivity contribution in [1.82, 2.24) is 5.43 Å². The maximum Gasteiger partial charge on any atom is 0.243 e. The van der Waals surface area contributed by atoms with E-state index >= 15 is 0 Å². The highest BCUT2D eigenvalue weighted by atomic mass is 32.1. The van der Waals surface area contributed by atoms with Crippen LogP contribution in [0.15, 0.2) is 22.6 Å². The van der Waals surface area contributed by atoms with Crippen molar-refractivity contribution < 1.29 is 4.79 Å². The number of hydrazone groups is 1. The van der Waals surface area contributed by atoms with Crippen LogP contribution in [0.1, 0.15) is 24.6 Å². The first kappa shape index (κ1) is 9.40. The Hall–Kier alpha value is -1.16. The van der Waals surface area contributed by atoms with Crippen LogP contribution in [-0.2, 0) is 4.79 Å². The fraction of sp³-hybridized carbons (Fsp3) is 0.400. The van der Waals surface area contributed by atoms with Crippen molar-refractivity contribution >= 4 is 23.0 Å². The summed E-state index contributed by atoms with van der Waals surface area (Å²) in [5.41, 5.74) is 3.46. The Balaban J connectivity index is 1.93. The van der Waals surface area contributed by atoms with Gasteiger partial charge < -0.3 is 0 Å². The average Bonchev–Trinajstić information content (AvgIpc) is 2.90. The fourth-order valence-corrected chi connectivity index (χ4v) is 1.79. The van der Waals surface area contributed by atoms with Gasteiger partial charge >= 0.3 is 0 Å². The molecule has 0 aliphatic heterocycles. The first-order chi connectivity index (χ1) is 6.77. The Labute approximate surface area is 86.8 Å². The van der Waals surface area contributed by atoms with Crippen LogP contribution in [0.4, 0.5) is 0 Å². The minimum absolute atomic E-state index is 0.0564. The molecule has 2 rings (SSSR count). The summed E-state index contributed by atoms with van der Waals surface area (Å²) in [6.07, 6.45) is 2.03. The van der Waals surface area contributed by atoms with Gasteiger partial charge in [-0.1, -0.05) is 6.07 Å². The molecule has 1 fully saturated rings. The standard InChI is InChI=1S/C10H12N2OS/c1-7(9-3-2-6-14-9)11-12-10(13)8-4-5-8/h2-3,6,8H,4-5H2,1H3,(H,12,13). The molecule has 1 N–H and O–H groups in total. The maximum absolute atomic E-state index is 11.3. The lowest BCUT2D eigenvalue weighted by Crippen LogP contribution is -2.20. The van der Waals surface area contributed by atoms with Gasteiger partial charge in [-0.3, -0.25) is 4.79 Å². The Bertz CT molecular complexity index is 352. The molecule has 0 bridgehead atoms. The van der Waals surface area contributed by atoms with Crippen LogP contribution in [0.3, 0.4) is 0 Å². The van der Waals surface area contributed by atoms with Crippen molar-refractivity contribution in [2.45, 2.75) is 19.8 Å². The molecule has 1 heterocycles. The molecule has 0 saturated heterocycles. The number of thiophene rings is 1. The van der Waals surface area contributed by atoms with Gasteiger partial charge in [0.05, 0.1) is 5.71 Å². The number of carbonyl (C=O) groups excluding carboxylic acids is 1. The van der Waals surface area contributed by atoms with Gasteiger partial charge in [-0.15, -0.1) is 11.3 Å². The van der Waals surface area contributed by atoms with Crippen molar-refractivity contribution in [3.8, 4) is 0 Å². The molecule has 1 aliphatic carbocycles. The van der Waals surface area contributed by atoms with Crippen molar-refractivity contribution in [2.24, 2.45) is 11.0 Å². The van der Waals surface area contributed by atoms with Gasteiger partial charge in [-0.2, -0.15) is 5.10 Å². The number of carbonyl (C=O) groups is 1. The summed E-state index contributed by atoms with van der Waals surface area (Å²) in [6.45, 7) is 1.90. The number of amides is 1. The zero-order valence-corrected chi connectivity index (χ0v) is 8.80. The molecule has 1 saturated carbocycles. The van der Waals surface area contributed by atoms with Crippen molar-refractivity contribution in [3.63, 3.8) is 0 Å². The van der Waals surface area contributed by atoms with Crippen LogP contribution in [-0.4, -0.2) is 11.6 Å². The fourth-order valence-electron chi connectivity index (χ4n) is 1.12. The van der Waals surface area contributed by atoms with Gasteiger partial charge in [-0.05, 0) is 31.2 Å². The lowest BCUT2D eigenvalue weighted by atomic mass is 10.3. The molecule has 14 heavy (non-hydrogen) atoms. The second-order valence-electron chi connectivity index (χ2n) is 3.42. The molecular weight excluding hydrogens is 196 g/mol. The van der Waals surface area contributed by atoms with Gasteiger partial charge in [-0.25, -0.2) is 5.43 Å². The van der Waals surface area contributed by atoms with E-state index in [1.165, 1.54) is 0 Å². The zero-order chi connectivity index (χ0) is 9.97. The van der Waals surface area contributed by atoms with Gasteiger partial charge in [0.25, 0.3) is 0 Å². The zero-order valence-electron chi connectivity index (χ0n) is 7.99. The summed E-state index contributed by atoms with van der Waals surface area (Å²) < 4.78 is 0. The Kier molecular flexibility index (Phi) is 2.63. The van der Waals surface area contributed by atoms with E-state index in [1.807, 2.05) is 24.4 Å². The molecule has 4 heteroatoms. The highest BCUT2D eigenvalue weighted by Crippen LogP contribution is 2.28. The molecular formula is C10H12N2OS. The van der Waals surface area contributed by atoms with E-state index in [0.717, 1.165) is 23.4 Å². The summed E-state index contributed by atoms with van der Waals surface area (Å²) >= 11 is 1.62. The van der Waals surface area contributed by atoms with Crippen molar-refractivity contribution in [2.75, 3.05) is 0 Å². The summed E-state index contributed by atoms with van der Waals surface area (Å²) in [5, 5.41) is 6.05. The SMILES string of the molecule is CC(=NNC(=O)C1CC1)c1cccs1. The first-order valence-corrected chi connectivity index (χ1v) is 5.53. The molecule has 1 aliphatic rings. The second kappa shape index (κ2) is 3.92. The number of hydrogen-bond donors (Lipinski definition) is 1. The van der Waals surface area contributed by atoms with E-state index in [2.05, 4.69) is 10.5 Å². The van der Waals surface area contributed by atoms with Crippen LogP contribution < -0.4 is 5.43 Å². The Morgan fingerprint density at radius 2 is 2.43 bits per heavy atom. The molecule has 1 aromatic heterocycles. The minimum atomic E-state index is 0.0564. The second-order valence-corrected chi connectivity index (χ2v) is 4.37. The lowest BCUT2D eigenvalue weighted by Gasteiger charge is -1.98. The minimum Gasteiger partial charge on any atom is -0.273 e. The van der Waals surface area contributed by atoms with Crippen LogP contribution in [0.2, 0.25) is 0 Å². The summed E-state index contributed by atoms with van der Waals surface area (Å²) in [6, 6.07) is 3.97. The van der Waals surface area contributed by atoms with Crippen LogP contribution >= 0.6 is 11.3 Å². The van der Waals surface area contributed by atoms with Gasteiger partial charge in [0.15, 0.2) is 0 Å². The van der Waals surface area contributed by atoms with E-state index < -0.39 is 0 Å². The molecule has 1 amide bonds. The molecule has 3 nitrogen and oxygen atoms in total. The maximum atomic E-state index is 11.3. The monoisotopic (exact) mass is 208 g/mol. The smallest absolute Gasteiger partial charge is 0.243 e. The quantitative estimate of drug-likeness (QED) is 0.599. The highest BCUT2D eigenvalue weighted by molar-refractivity contribution is 7.12. The predicted octanol–water partition coefficient (Wildman–Crippen LogP) is 2.00. The summed E-state index contributed by atoms with van der Waals surface area (Å²) in [4.78, 5) is 12.4. The third-order valence-corrected chi connectivity index (χ3v) is 3.14. The van der Waals surface area contributed by atoms with Crippen LogP contribution in [0.5, 0.6) is 0 Å². The number of hydrogen-bond acceptors (Lipinski definition) is 3. The largest absolute Gasteiger partial charge is 0.273 e. The van der Waals surface area contributed by atoms with E-state index in [-0.39, 0.29) is 11.8 Å². The average molecular weight is 208 g/mol. The molecule has 0 unspecified atom stereocenters. The van der Waals surface area contributed by atoms with Crippen LogP contribution in [0.25, 0.3) is 0 Å². The lowest BCUT2D eigenvalue weighted by molar-refractivity contribution is -0.122. The van der Waals surface area contributed by atoms with Gasteiger partial charge in [0.1, 0.15) is 0 Å². The molecule has 1 aromatic rings. The molecule has 0 spiro atoms. The number of nitrogens with one attached hydrogen (secondary N) is 1. The van der Waals surface area contributed by atoms with E-state index in [1.54, 1.807) is 11.3 Å². The van der Waals surface area contributed by atoms with Crippen LogP contribution in [0, 0.1) is 5.92 Å². The normalized spacial score (nSPS) is 16.8. The van der Waals surface area contributed by atoms with E-state index in [9.17, 15) is 4.79 Å². The van der Waals surface area contributed by atoms with E-state index in [4.69, 9.17) is 0 Å². The summed E-state index contributed by atoms with van der Waals surface area (Å²) in [7, 11) is 0. The van der Waals surface area contributed by atoms with Crippen molar-refractivity contribution in [1.29, 1.82) is 0 Å². The first-order valence-electron chi connectivity index (χ1n) is 4.65. The third-order valence-electron chi connectivity index (χ3n) is 2.16. The number of nitrogens with zero attached hydrogens (tertiary/aromatic N) is 1. The van der Waals surface area contributed by atoms with Gasteiger partial charge in [0, 0.05) is 10.8 Å². The number of rotatable bonds is 3. The van der Waals surface area contributed by atoms with Gasteiger partial charge in [0.2, 0.25) is 5.91 Å². The Morgan fingerprint density at radius 3 is 3.00 bits per heavy atom. The van der Waals surface area contributed by atoms with E-state index in [0.29, 0.717) is 0 Å². The molecule has 74 valence electrons. The Morgan fingerprint density at radius 1 is 1.64 bits per heavy atom. The molecule has 0 radical (unpaired) electrons. The predicted molar refractivity (Wildman–Crippen MR) is 57.4 cm³/mol. The highest BCUT2D eigenvalue weighted by Gasteiger charge is 2.29. The topological polar surface area (TPSA) is 41.5 Å². The molecule has 0 atom stereocenters. The van der Waals surface area contributed by atoms with Crippen molar-refractivity contribution in [3.05, 3.63) is 22.4 Å². The summed E-state index contributed by atoms with van der Waals surface area (Å²) in [5.74, 6) is 0.274.